The minimum absolute atomic E-state index is 0.0961. The van der Waals surface area contributed by atoms with Gasteiger partial charge in [0, 0.05) is 18.2 Å². The minimum Gasteiger partial charge on any atom is -0.454 e. The molecule has 1 amide bonds. The monoisotopic (exact) mass is 411 g/mol. The van der Waals surface area contributed by atoms with Crippen LogP contribution in [0.2, 0.25) is 0 Å². The number of hydrogen-bond donors (Lipinski definition) is 2. The molecule has 150 valence electrons. The van der Waals surface area contributed by atoms with Crippen LogP contribution in [0, 0.1) is 4.77 Å². The number of fused-ring (bicyclic) bond motifs is 2. The molecule has 0 bridgehead atoms. The van der Waals surface area contributed by atoms with Crippen LogP contribution in [0.3, 0.4) is 0 Å². The molecule has 0 saturated carbocycles. The number of amides is 1. The molecule has 0 fully saturated rings. The highest BCUT2D eigenvalue weighted by Gasteiger charge is 2.17. The number of nitrogens with zero attached hydrogens (tertiary/aromatic N) is 1. The number of carbonyl (C=O) groups is 1. The third-order valence-corrected chi connectivity index (χ3v) is 5.17. The molecule has 0 radical (unpaired) electrons. The Kier molecular flexibility index (Phi) is 5.35. The zero-order valence-electron chi connectivity index (χ0n) is 16.0. The second kappa shape index (κ2) is 8.08. The van der Waals surface area contributed by atoms with Crippen molar-refractivity contribution in [2.45, 2.75) is 26.3 Å². The molecule has 7 nitrogen and oxygen atoms in total. The Morgan fingerprint density at radius 3 is 2.66 bits per heavy atom. The number of H-pyrrole nitrogens is 1. The van der Waals surface area contributed by atoms with Crippen molar-refractivity contribution in [3.63, 3.8) is 0 Å². The van der Waals surface area contributed by atoms with Gasteiger partial charge in [-0.3, -0.25) is 14.2 Å². The van der Waals surface area contributed by atoms with E-state index in [2.05, 4.69) is 17.2 Å². The van der Waals surface area contributed by atoms with Crippen molar-refractivity contribution in [3.05, 3.63) is 62.6 Å². The number of hydrogen-bond acceptors (Lipinski definition) is 5. The first-order valence-corrected chi connectivity index (χ1v) is 9.91. The van der Waals surface area contributed by atoms with Gasteiger partial charge in [-0.05, 0) is 42.4 Å². The Labute approximate surface area is 172 Å². The first-order chi connectivity index (χ1) is 14.1. The van der Waals surface area contributed by atoms with Gasteiger partial charge in [0.05, 0.1) is 17.4 Å². The largest absolute Gasteiger partial charge is 0.454 e. The van der Waals surface area contributed by atoms with Gasteiger partial charge in [0.2, 0.25) is 6.79 Å². The molecule has 1 aliphatic rings. The van der Waals surface area contributed by atoms with Crippen LogP contribution >= 0.6 is 12.2 Å². The zero-order valence-corrected chi connectivity index (χ0v) is 16.8. The normalized spacial score (nSPS) is 12.3. The molecule has 0 saturated heterocycles. The van der Waals surface area contributed by atoms with E-state index in [1.54, 1.807) is 24.3 Å². The lowest BCUT2D eigenvalue weighted by molar-refractivity contribution is 0.0953. The summed E-state index contributed by atoms with van der Waals surface area (Å²) in [5.41, 5.74) is 1.87. The first kappa shape index (κ1) is 19.2. The van der Waals surface area contributed by atoms with Gasteiger partial charge in [-0.15, -0.1) is 0 Å². The fraction of sp³-hybridized carbons (Fsp3) is 0.286. The Morgan fingerprint density at radius 1 is 1.21 bits per heavy atom. The summed E-state index contributed by atoms with van der Waals surface area (Å²) in [6, 6.07) is 10.6. The average Bonchev–Trinajstić information content (AvgIpc) is 3.18. The highest BCUT2D eigenvalue weighted by molar-refractivity contribution is 7.71. The van der Waals surface area contributed by atoms with Gasteiger partial charge in [-0.2, -0.15) is 0 Å². The van der Waals surface area contributed by atoms with Gasteiger partial charge < -0.3 is 19.8 Å². The molecule has 1 aliphatic heterocycles. The molecule has 4 rings (SSSR count). The van der Waals surface area contributed by atoms with Crippen LogP contribution in [0.5, 0.6) is 11.5 Å². The molecule has 0 aliphatic carbocycles. The summed E-state index contributed by atoms with van der Waals surface area (Å²) in [7, 11) is 0. The van der Waals surface area contributed by atoms with Crippen molar-refractivity contribution < 1.29 is 14.3 Å². The summed E-state index contributed by atoms with van der Waals surface area (Å²) >= 11 is 5.39. The van der Waals surface area contributed by atoms with E-state index in [0.717, 1.165) is 18.4 Å². The van der Waals surface area contributed by atoms with Gasteiger partial charge in [0.25, 0.3) is 11.5 Å². The minimum atomic E-state index is -0.205. The quantitative estimate of drug-likeness (QED) is 0.480. The molecule has 1 aromatic heterocycles. The van der Waals surface area contributed by atoms with Crippen LogP contribution in [0.1, 0.15) is 35.7 Å². The van der Waals surface area contributed by atoms with Gasteiger partial charge in [0.1, 0.15) is 0 Å². The first-order valence-electron chi connectivity index (χ1n) is 9.50. The molecule has 8 heteroatoms. The Bertz CT molecular complexity index is 1180. The van der Waals surface area contributed by atoms with Crippen LogP contribution in [-0.4, -0.2) is 28.8 Å². The maximum atomic E-state index is 13.0. The molecule has 2 N–H and O–H groups in total. The van der Waals surface area contributed by atoms with Crippen molar-refractivity contribution in [2.24, 2.45) is 0 Å². The molecule has 0 spiro atoms. The number of aromatic amines is 1. The maximum absolute atomic E-state index is 13.0. The third-order valence-electron chi connectivity index (χ3n) is 4.85. The number of rotatable bonds is 6. The molecule has 0 atom stereocenters. The van der Waals surface area contributed by atoms with Crippen LogP contribution in [0.4, 0.5) is 0 Å². The van der Waals surface area contributed by atoms with E-state index < -0.39 is 0 Å². The SMILES string of the molecule is CCCCNC(=O)c1ccc(Cn2c(=S)[nH]c3cc4c(cc3c2=O)OCO4)cc1. The number of benzene rings is 2. The number of carbonyl (C=O) groups excluding carboxylic acids is 1. The standard InChI is InChI=1S/C21H21N3O4S/c1-2-3-8-22-19(25)14-6-4-13(5-7-14)11-24-20(26)15-9-17-18(28-12-27-17)10-16(15)23-21(24)29/h4-7,9-10H,2-3,8,11-12H2,1H3,(H,22,25)(H,23,29). The summed E-state index contributed by atoms with van der Waals surface area (Å²) < 4.78 is 12.5. The number of unbranched alkanes of at least 4 members (excludes halogenated alkanes) is 1. The van der Waals surface area contributed by atoms with Crippen LogP contribution < -0.4 is 20.3 Å². The highest BCUT2D eigenvalue weighted by atomic mass is 32.1. The van der Waals surface area contributed by atoms with Crippen molar-refractivity contribution in [2.75, 3.05) is 13.3 Å². The predicted octanol–water partition coefficient (Wildman–Crippen LogP) is 3.37. The smallest absolute Gasteiger partial charge is 0.262 e. The van der Waals surface area contributed by atoms with Crippen LogP contribution in [-0.2, 0) is 6.54 Å². The number of nitrogens with one attached hydrogen (secondary N) is 2. The van der Waals surface area contributed by atoms with E-state index in [9.17, 15) is 9.59 Å². The Balaban J connectivity index is 1.59. The average molecular weight is 411 g/mol. The molecule has 29 heavy (non-hydrogen) atoms. The number of aromatic nitrogens is 2. The molecule has 3 aromatic rings. The van der Waals surface area contributed by atoms with E-state index in [4.69, 9.17) is 21.7 Å². The molecule has 2 heterocycles. The summed E-state index contributed by atoms with van der Waals surface area (Å²) in [4.78, 5) is 28.2. The Hall–Kier alpha value is -3.13. The van der Waals surface area contributed by atoms with Crippen LogP contribution in [0.25, 0.3) is 10.9 Å². The second-order valence-corrected chi connectivity index (χ2v) is 7.27. The third kappa shape index (κ3) is 3.88. The molecule has 0 unspecified atom stereocenters. The van der Waals surface area contributed by atoms with Crippen LogP contribution in [0.15, 0.2) is 41.2 Å². The van der Waals surface area contributed by atoms with Gasteiger partial charge >= 0.3 is 0 Å². The molecule has 2 aromatic carbocycles. The van der Waals surface area contributed by atoms with Gasteiger partial charge in [0.15, 0.2) is 16.3 Å². The van der Waals surface area contributed by atoms with Crippen molar-refractivity contribution in [1.82, 2.24) is 14.9 Å². The number of ether oxygens (including phenoxy) is 2. The topological polar surface area (TPSA) is 85.4 Å². The summed E-state index contributed by atoms with van der Waals surface area (Å²) in [5.74, 6) is 1.04. The lowest BCUT2D eigenvalue weighted by atomic mass is 10.1. The zero-order chi connectivity index (χ0) is 20.4. The van der Waals surface area contributed by atoms with E-state index in [1.807, 2.05) is 12.1 Å². The van der Waals surface area contributed by atoms with E-state index in [0.29, 0.717) is 45.8 Å². The molecular formula is C21H21N3O4S. The fourth-order valence-corrected chi connectivity index (χ4v) is 3.47. The second-order valence-electron chi connectivity index (χ2n) is 6.88. The predicted molar refractivity (Wildman–Crippen MR) is 112 cm³/mol. The maximum Gasteiger partial charge on any atom is 0.262 e. The van der Waals surface area contributed by atoms with E-state index in [1.165, 1.54) is 4.57 Å². The summed E-state index contributed by atoms with van der Waals surface area (Å²) in [6.45, 7) is 3.18. The van der Waals surface area contributed by atoms with Gasteiger partial charge in [-0.1, -0.05) is 25.5 Å². The lowest BCUT2D eigenvalue weighted by Crippen LogP contribution is -2.24. The lowest BCUT2D eigenvalue weighted by Gasteiger charge is -2.10. The summed E-state index contributed by atoms with van der Waals surface area (Å²) in [6.07, 6.45) is 1.98. The fourth-order valence-electron chi connectivity index (χ4n) is 3.21. The van der Waals surface area contributed by atoms with Crippen molar-refractivity contribution in [3.8, 4) is 11.5 Å². The summed E-state index contributed by atoms with van der Waals surface area (Å²) in [5, 5.41) is 3.37. The molecular weight excluding hydrogens is 390 g/mol. The van der Waals surface area contributed by atoms with E-state index >= 15 is 0 Å². The van der Waals surface area contributed by atoms with Crippen molar-refractivity contribution in [1.29, 1.82) is 0 Å². The Morgan fingerprint density at radius 2 is 1.93 bits per heavy atom. The van der Waals surface area contributed by atoms with Gasteiger partial charge in [-0.25, -0.2) is 0 Å². The van der Waals surface area contributed by atoms with E-state index in [-0.39, 0.29) is 18.3 Å². The van der Waals surface area contributed by atoms with Crippen molar-refractivity contribution >= 4 is 29.0 Å². The highest BCUT2D eigenvalue weighted by Crippen LogP contribution is 2.34.